The molecule has 0 atom stereocenters. The summed E-state index contributed by atoms with van der Waals surface area (Å²) in [6.45, 7) is 4.33. The highest BCUT2D eigenvalue weighted by Gasteiger charge is 2.02. The van der Waals surface area contributed by atoms with Crippen molar-refractivity contribution in [2.75, 3.05) is 17.7 Å². The maximum Gasteiger partial charge on any atom is 0.412 e. The van der Waals surface area contributed by atoms with Gasteiger partial charge in [0.05, 0.1) is 19.0 Å². The molecule has 1 aromatic carbocycles. The first-order valence-corrected chi connectivity index (χ1v) is 6.76. The van der Waals surface area contributed by atoms with Crippen molar-refractivity contribution in [1.29, 1.82) is 0 Å². The highest BCUT2D eigenvalue weighted by Crippen LogP contribution is 2.20. The number of aromatic nitrogens is 1. The summed E-state index contributed by atoms with van der Waals surface area (Å²) in [4.78, 5) is 15.2. The van der Waals surface area contributed by atoms with Gasteiger partial charge >= 0.3 is 6.09 Å². The first-order valence-electron chi connectivity index (χ1n) is 6.76. The van der Waals surface area contributed by atoms with E-state index < -0.39 is 6.09 Å². The van der Waals surface area contributed by atoms with Crippen LogP contribution in [0.4, 0.5) is 22.0 Å². The highest BCUT2D eigenvalue weighted by molar-refractivity contribution is 5.83. The molecule has 0 aliphatic rings. The predicted molar refractivity (Wildman–Crippen MR) is 84.1 cm³/mol. The molecule has 110 valence electrons. The fourth-order valence-electron chi connectivity index (χ4n) is 1.82. The minimum absolute atomic E-state index is 0.447. The van der Waals surface area contributed by atoms with E-state index in [0.717, 1.165) is 11.4 Å². The zero-order chi connectivity index (χ0) is 15.2. The summed E-state index contributed by atoms with van der Waals surface area (Å²) in [5, 5.41) is 5.76. The zero-order valence-corrected chi connectivity index (χ0v) is 12.4. The zero-order valence-electron chi connectivity index (χ0n) is 12.4. The fourth-order valence-corrected chi connectivity index (χ4v) is 1.82. The van der Waals surface area contributed by atoms with Crippen molar-refractivity contribution in [3.05, 3.63) is 48.2 Å². The van der Waals surface area contributed by atoms with Crippen molar-refractivity contribution in [3.8, 4) is 0 Å². The number of amides is 1. The van der Waals surface area contributed by atoms with E-state index >= 15 is 0 Å². The molecule has 0 unspecified atom stereocenters. The largest absolute Gasteiger partial charge is 0.453 e. The summed E-state index contributed by atoms with van der Waals surface area (Å²) >= 11 is 0. The number of nitrogens with zero attached hydrogens (tertiary/aromatic N) is 1. The Morgan fingerprint density at radius 1 is 1.10 bits per heavy atom. The van der Waals surface area contributed by atoms with Crippen molar-refractivity contribution >= 4 is 23.3 Å². The topological polar surface area (TPSA) is 63.2 Å². The molecule has 1 heterocycles. The van der Waals surface area contributed by atoms with Crippen LogP contribution in [-0.4, -0.2) is 18.2 Å². The number of anilines is 3. The predicted octanol–water partition coefficient (Wildman–Crippen LogP) is 4.13. The quantitative estimate of drug-likeness (QED) is 0.886. The number of ether oxygens (including phenoxy) is 1. The Kier molecular flexibility index (Phi) is 4.77. The molecule has 5 heteroatoms. The van der Waals surface area contributed by atoms with Crippen LogP contribution >= 0.6 is 0 Å². The lowest BCUT2D eigenvalue weighted by Gasteiger charge is -2.09. The van der Waals surface area contributed by atoms with E-state index in [-0.39, 0.29) is 0 Å². The molecule has 0 saturated carbocycles. The van der Waals surface area contributed by atoms with Crippen LogP contribution in [0.3, 0.4) is 0 Å². The van der Waals surface area contributed by atoms with Crippen LogP contribution in [-0.2, 0) is 4.74 Å². The van der Waals surface area contributed by atoms with Crippen molar-refractivity contribution in [2.24, 2.45) is 0 Å². The molecule has 0 saturated heterocycles. The number of nitrogens with one attached hydrogen (secondary N) is 2. The molecule has 5 nitrogen and oxygen atoms in total. The normalized spacial score (nSPS) is 10.3. The molecule has 0 spiro atoms. The number of methoxy groups -OCH3 is 1. The van der Waals surface area contributed by atoms with Crippen molar-refractivity contribution in [1.82, 2.24) is 4.98 Å². The number of carbonyl (C=O) groups is 1. The number of benzene rings is 1. The van der Waals surface area contributed by atoms with Crippen LogP contribution in [0.15, 0.2) is 42.6 Å². The SMILES string of the molecule is COC(=O)Nc1ccc(Nc2ccc(C(C)C)cc2)cn1. The van der Waals surface area contributed by atoms with E-state index in [1.807, 2.05) is 18.2 Å². The Morgan fingerprint density at radius 2 is 1.76 bits per heavy atom. The molecular weight excluding hydrogens is 266 g/mol. The Bertz CT molecular complexity index is 592. The third-order valence-corrected chi connectivity index (χ3v) is 3.05. The molecule has 0 bridgehead atoms. The molecule has 0 aliphatic carbocycles. The van der Waals surface area contributed by atoms with E-state index in [9.17, 15) is 4.79 Å². The van der Waals surface area contributed by atoms with Gasteiger partial charge in [-0.3, -0.25) is 5.32 Å². The summed E-state index contributed by atoms with van der Waals surface area (Å²) < 4.78 is 4.50. The van der Waals surface area contributed by atoms with Crippen LogP contribution in [0.5, 0.6) is 0 Å². The Morgan fingerprint density at radius 3 is 2.29 bits per heavy atom. The number of pyridine rings is 1. The number of carbonyl (C=O) groups excluding carboxylic acids is 1. The van der Waals surface area contributed by atoms with Crippen LogP contribution in [0.1, 0.15) is 25.3 Å². The summed E-state index contributed by atoms with van der Waals surface area (Å²) in [7, 11) is 1.31. The van der Waals surface area contributed by atoms with Gasteiger partial charge in [-0.25, -0.2) is 9.78 Å². The lowest BCUT2D eigenvalue weighted by Crippen LogP contribution is -2.11. The first kappa shape index (κ1) is 14.8. The molecule has 0 fully saturated rings. The minimum Gasteiger partial charge on any atom is -0.453 e. The summed E-state index contributed by atoms with van der Waals surface area (Å²) in [6, 6.07) is 11.8. The van der Waals surface area contributed by atoms with Crippen LogP contribution in [0, 0.1) is 0 Å². The van der Waals surface area contributed by atoms with E-state index in [1.54, 1.807) is 12.3 Å². The highest BCUT2D eigenvalue weighted by atomic mass is 16.5. The molecule has 2 rings (SSSR count). The molecule has 21 heavy (non-hydrogen) atoms. The average molecular weight is 285 g/mol. The van der Waals surface area contributed by atoms with Gasteiger partial charge in [0.1, 0.15) is 5.82 Å². The summed E-state index contributed by atoms with van der Waals surface area (Å²) in [6.07, 6.45) is 1.12. The maximum atomic E-state index is 11.1. The molecule has 0 aliphatic heterocycles. The van der Waals surface area contributed by atoms with Crippen molar-refractivity contribution in [2.45, 2.75) is 19.8 Å². The molecular formula is C16H19N3O2. The Labute approximate surface area is 124 Å². The minimum atomic E-state index is -0.535. The van der Waals surface area contributed by atoms with Gasteiger partial charge in [-0.2, -0.15) is 0 Å². The third kappa shape index (κ3) is 4.21. The van der Waals surface area contributed by atoms with Crippen LogP contribution < -0.4 is 10.6 Å². The second kappa shape index (κ2) is 6.74. The first-order chi connectivity index (χ1) is 10.1. The van der Waals surface area contributed by atoms with E-state index in [0.29, 0.717) is 11.7 Å². The molecule has 1 amide bonds. The maximum absolute atomic E-state index is 11.1. The average Bonchev–Trinajstić information content (AvgIpc) is 2.49. The molecule has 2 N–H and O–H groups in total. The van der Waals surface area contributed by atoms with Crippen molar-refractivity contribution < 1.29 is 9.53 Å². The van der Waals surface area contributed by atoms with Gasteiger partial charge in [0, 0.05) is 5.69 Å². The van der Waals surface area contributed by atoms with Gasteiger partial charge < -0.3 is 10.1 Å². The van der Waals surface area contributed by atoms with Crippen LogP contribution in [0.2, 0.25) is 0 Å². The van der Waals surface area contributed by atoms with Crippen LogP contribution in [0.25, 0.3) is 0 Å². The lowest BCUT2D eigenvalue weighted by atomic mass is 10.0. The monoisotopic (exact) mass is 285 g/mol. The number of hydrogen-bond acceptors (Lipinski definition) is 4. The van der Waals surface area contributed by atoms with Gasteiger partial charge in [0.25, 0.3) is 0 Å². The van der Waals surface area contributed by atoms with Gasteiger partial charge in [0.2, 0.25) is 0 Å². The van der Waals surface area contributed by atoms with E-state index in [4.69, 9.17) is 0 Å². The second-order valence-corrected chi connectivity index (χ2v) is 4.95. The summed E-state index contributed by atoms with van der Waals surface area (Å²) in [5.74, 6) is 0.965. The number of hydrogen-bond donors (Lipinski definition) is 2. The standard InChI is InChI=1S/C16H19N3O2/c1-11(2)12-4-6-13(7-5-12)18-14-8-9-15(17-10-14)19-16(20)21-3/h4-11,18H,1-3H3,(H,17,19,20). The molecule has 0 radical (unpaired) electrons. The summed E-state index contributed by atoms with van der Waals surface area (Å²) in [5.41, 5.74) is 3.15. The van der Waals surface area contributed by atoms with E-state index in [2.05, 4.69) is 46.3 Å². The van der Waals surface area contributed by atoms with Gasteiger partial charge in [-0.15, -0.1) is 0 Å². The Balaban J connectivity index is 2.01. The van der Waals surface area contributed by atoms with E-state index in [1.165, 1.54) is 12.7 Å². The number of rotatable bonds is 4. The fraction of sp³-hybridized carbons (Fsp3) is 0.250. The second-order valence-electron chi connectivity index (χ2n) is 4.95. The Hall–Kier alpha value is -2.56. The smallest absolute Gasteiger partial charge is 0.412 e. The molecule has 1 aromatic heterocycles. The third-order valence-electron chi connectivity index (χ3n) is 3.05. The lowest BCUT2D eigenvalue weighted by molar-refractivity contribution is 0.187. The van der Waals surface area contributed by atoms with Gasteiger partial charge in [-0.05, 0) is 35.7 Å². The van der Waals surface area contributed by atoms with Gasteiger partial charge in [0.15, 0.2) is 0 Å². The van der Waals surface area contributed by atoms with Crippen molar-refractivity contribution in [3.63, 3.8) is 0 Å². The van der Waals surface area contributed by atoms with Gasteiger partial charge in [-0.1, -0.05) is 26.0 Å². The molecule has 2 aromatic rings.